The van der Waals surface area contributed by atoms with E-state index in [1.54, 1.807) is 14.2 Å². The lowest BCUT2D eigenvalue weighted by Gasteiger charge is -2.28. The van der Waals surface area contributed by atoms with Crippen molar-refractivity contribution in [2.45, 2.75) is 45.9 Å². The highest BCUT2D eigenvalue weighted by Crippen LogP contribution is 2.16. The normalized spacial score (nSPS) is 15.8. The third-order valence-corrected chi connectivity index (χ3v) is 3.73. The fourth-order valence-corrected chi connectivity index (χ4v) is 2.34. The second kappa shape index (κ2) is 8.18. The summed E-state index contributed by atoms with van der Waals surface area (Å²) in [6.07, 6.45) is 1.37. The van der Waals surface area contributed by atoms with Crippen LogP contribution in [0.1, 0.15) is 32.8 Å². The molecule has 3 unspecified atom stereocenters. The van der Waals surface area contributed by atoms with Crippen molar-refractivity contribution in [1.29, 1.82) is 0 Å². The number of hydrogen-bond donors (Lipinski definition) is 1. The molecule has 0 amide bonds. The Hall–Kier alpha value is -1.06. The average molecular weight is 265 g/mol. The number of hydrogen-bond acceptors (Lipinski definition) is 3. The van der Waals surface area contributed by atoms with Crippen LogP contribution in [-0.2, 0) is 11.3 Å². The Bertz CT molecular complexity index is 368. The van der Waals surface area contributed by atoms with E-state index in [-0.39, 0.29) is 6.10 Å². The summed E-state index contributed by atoms with van der Waals surface area (Å²) in [4.78, 5) is 0. The van der Waals surface area contributed by atoms with Gasteiger partial charge in [-0.3, -0.25) is 0 Å². The highest BCUT2D eigenvalue weighted by molar-refractivity contribution is 5.28. The Kier molecular flexibility index (Phi) is 6.89. The summed E-state index contributed by atoms with van der Waals surface area (Å²) in [5, 5.41) is 3.54. The van der Waals surface area contributed by atoms with Gasteiger partial charge in [-0.1, -0.05) is 32.4 Å². The molecule has 3 heteroatoms. The zero-order chi connectivity index (χ0) is 14.3. The number of ether oxygens (including phenoxy) is 2. The maximum absolute atomic E-state index is 5.61. The van der Waals surface area contributed by atoms with Crippen molar-refractivity contribution in [2.75, 3.05) is 14.2 Å². The van der Waals surface area contributed by atoms with Gasteiger partial charge in [0.15, 0.2) is 0 Å². The minimum absolute atomic E-state index is 0.246. The topological polar surface area (TPSA) is 30.5 Å². The van der Waals surface area contributed by atoms with Gasteiger partial charge >= 0.3 is 0 Å². The number of rotatable bonds is 8. The van der Waals surface area contributed by atoms with Gasteiger partial charge < -0.3 is 14.8 Å². The second-order valence-corrected chi connectivity index (χ2v) is 5.11. The van der Waals surface area contributed by atoms with Gasteiger partial charge in [-0.2, -0.15) is 0 Å². The van der Waals surface area contributed by atoms with Gasteiger partial charge in [0.1, 0.15) is 5.75 Å². The molecule has 0 radical (unpaired) electrons. The summed E-state index contributed by atoms with van der Waals surface area (Å²) in [6, 6.07) is 8.47. The average Bonchev–Trinajstić information content (AvgIpc) is 2.45. The molecule has 1 N–H and O–H groups in total. The van der Waals surface area contributed by atoms with E-state index in [0.29, 0.717) is 12.0 Å². The van der Waals surface area contributed by atoms with Crippen LogP contribution in [0.3, 0.4) is 0 Å². The fourth-order valence-electron chi connectivity index (χ4n) is 2.34. The van der Waals surface area contributed by atoms with E-state index in [4.69, 9.17) is 9.47 Å². The summed E-state index contributed by atoms with van der Waals surface area (Å²) in [7, 11) is 3.49. The van der Waals surface area contributed by atoms with Crippen LogP contribution in [0.15, 0.2) is 24.3 Å². The largest absolute Gasteiger partial charge is 0.497 e. The van der Waals surface area contributed by atoms with Gasteiger partial charge in [-0.25, -0.2) is 0 Å². The Labute approximate surface area is 117 Å². The van der Waals surface area contributed by atoms with E-state index in [9.17, 15) is 0 Å². The molecule has 1 aromatic carbocycles. The Balaban J connectivity index is 2.54. The molecule has 0 aliphatic rings. The molecule has 0 aliphatic carbocycles. The maximum atomic E-state index is 5.61. The van der Waals surface area contributed by atoms with Crippen molar-refractivity contribution in [2.24, 2.45) is 5.92 Å². The van der Waals surface area contributed by atoms with E-state index in [1.807, 2.05) is 12.1 Å². The van der Waals surface area contributed by atoms with Crippen LogP contribution in [0, 0.1) is 5.92 Å². The molecule has 0 heterocycles. The van der Waals surface area contributed by atoms with Crippen LogP contribution in [0.4, 0.5) is 0 Å². The van der Waals surface area contributed by atoms with Gasteiger partial charge in [-0.15, -0.1) is 0 Å². The maximum Gasteiger partial charge on any atom is 0.119 e. The third-order valence-electron chi connectivity index (χ3n) is 3.73. The van der Waals surface area contributed by atoms with Crippen molar-refractivity contribution in [3.63, 3.8) is 0 Å². The molecule has 0 saturated carbocycles. The first-order valence-electron chi connectivity index (χ1n) is 7.01. The Morgan fingerprint density at radius 2 is 1.95 bits per heavy atom. The molecule has 0 saturated heterocycles. The van der Waals surface area contributed by atoms with Crippen molar-refractivity contribution >= 4 is 0 Å². The van der Waals surface area contributed by atoms with Crippen molar-refractivity contribution in [3.05, 3.63) is 29.8 Å². The first kappa shape index (κ1) is 16.0. The standard InChI is InChI=1S/C16H27NO2/c1-6-12(2)16(19-5)13(3)17-11-14-8-7-9-15(10-14)18-4/h7-10,12-13,16-17H,6,11H2,1-5H3. The van der Waals surface area contributed by atoms with Gasteiger partial charge in [0.2, 0.25) is 0 Å². The lowest BCUT2D eigenvalue weighted by atomic mass is 9.96. The summed E-state index contributed by atoms with van der Waals surface area (Å²) < 4.78 is 10.8. The smallest absolute Gasteiger partial charge is 0.119 e. The molecule has 108 valence electrons. The first-order chi connectivity index (χ1) is 9.12. The first-order valence-corrected chi connectivity index (χ1v) is 7.01. The Morgan fingerprint density at radius 3 is 2.53 bits per heavy atom. The van der Waals surface area contributed by atoms with E-state index in [1.165, 1.54) is 5.56 Å². The van der Waals surface area contributed by atoms with E-state index < -0.39 is 0 Å². The molecule has 0 fully saturated rings. The monoisotopic (exact) mass is 265 g/mol. The molecular formula is C16H27NO2. The van der Waals surface area contributed by atoms with Gasteiger partial charge in [-0.05, 0) is 30.5 Å². The molecule has 0 aliphatic heterocycles. The number of nitrogens with one attached hydrogen (secondary N) is 1. The van der Waals surface area contributed by atoms with Gasteiger partial charge in [0.25, 0.3) is 0 Å². The highest BCUT2D eigenvalue weighted by atomic mass is 16.5. The van der Waals surface area contributed by atoms with E-state index in [2.05, 4.69) is 38.2 Å². The second-order valence-electron chi connectivity index (χ2n) is 5.11. The minimum atomic E-state index is 0.246. The van der Waals surface area contributed by atoms with Crippen molar-refractivity contribution in [1.82, 2.24) is 5.32 Å². The molecule has 0 spiro atoms. The molecule has 3 nitrogen and oxygen atoms in total. The lowest BCUT2D eigenvalue weighted by molar-refractivity contribution is 0.0306. The van der Waals surface area contributed by atoms with Crippen LogP contribution < -0.4 is 10.1 Å². The van der Waals surface area contributed by atoms with Crippen LogP contribution in [0.25, 0.3) is 0 Å². The fraction of sp³-hybridized carbons (Fsp3) is 0.625. The van der Waals surface area contributed by atoms with Crippen LogP contribution >= 0.6 is 0 Å². The molecule has 0 bridgehead atoms. The van der Waals surface area contributed by atoms with E-state index >= 15 is 0 Å². The molecule has 19 heavy (non-hydrogen) atoms. The summed E-state index contributed by atoms with van der Waals surface area (Å²) >= 11 is 0. The summed E-state index contributed by atoms with van der Waals surface area (Å²) in [5.41, 5.74) is 1.23. The third kappa shape index (κ3) is 4.84. The predicted molar refractivity (Wildman–Crippen MR) is 79.5 cm³/mol. The molecule has 1 aromatic rings. The zero-order valence-electron chi connectivity index (χ0n) is 12.8. The SMILES string of the molecule is CCC(C)C(OC)C(C)NCc1cccc(OC)c1. The zero-order valence-corrected chi connectivity index (χ0v) is 12.8. The minimum Gasteiger partial charge on any atom is -0.497 e. The molecule has 1 rings (SSSR count). The number of benzene rings is 1. The molecule has 3 atom stereocenters. The molecule has 0 aromatic heterocycles. The predicted octanol–water partition coefficient (Wildman–Crippen LogP) is 3.23. The van der Waals surface area contributed by atoms with E-state index in [0.717, 1.165) is 18.7 Å². The van der Waals surface area contributed by atoms with Crippen molar-refractivity contribution < 1.29 is 9.47 Å². The lowest BCUT2D eigenvalue weighted by Crippen LogP contribution is -2.41. The van der Waals surface area contributed by atoms with Crippen LogP contribution in [0.5, 0.6) is 5.75 Å². The molecular weight excluding hydrogens is 238 g/mol. The van der Waals surface area contributed by atoms with Crippen LogP contribution in [-0.4, -0.2) is 26.4 Å². The Morgan fingerprint density at radius 1 is 1.21 bits per heavy atom. The van der Waals surface area contributed by atoms with Crippen molar-refractivity contribution in [3.8, 4) is 5.75 Å². The van der Waals surface area contributed by atoms with Gasteiger partial charge in [0.05, 0.1) is 13.2 Å². The highest BCUT2D eigenvalue weighted by Gasteiger charge is 2.21. The van der Waals surface area contributed by atoms with Crippen LogP contribution in [0.2, 0.25) is 0 Å². The summed E-state index contributed by atoms with van der Waals surface area (Å²) in [5.74, 6) is 1.45. The van der Waals surface area contributed by atoms with Gasteiger partial charge in [0, 0.05) is 19.7 Å². The quantitative estimate of drug-likeness (QED) is 0.783. The number of methoxy groups -OCH3 is 2. The summed E-state index contributed by atoms with van der Waals surface area (Å²) in [6.45, 7) is 7.44.